The third kappa shape index (κ3) is 4.12. The van der Waals surface area contributed by atoms with E-state index in [0.717, 1.165) is 8.78 Å². The fraction of sp³-hybridized carbons (Fsp3) is 0.111. The third-order valence-corrected chi connectivity index (χ3v) is 6.61. The number of hydrogen-bond acceptors (Lipinski definition) is 4. The SMILES string of the molecule is CN(C)S(=O)(=O)c1cc(C(=O)Nc2ccccc2-n2cc(Br)cn2)ccc1Cl. The van der Waals surface area contributed by atoms with E-state index < -0.39 is 15.9 Å². The van der Waals surface area contributed by atoms with Gasteiger partial charge >= 0.3 is 0 Å². The maximum atomic E-state index is 12.8. The summed E-state index contributed by atoms with van der Waals surface area (Å²) in [6.07, 6.45) is 3.39. The van der Waals surface area contributed by atoms with Gasteiger partial charge in [-0.2, -0.15) is 5.10 Å². The molecule has 3 rings (SSSR count). The minimum Gasteiger partial charge on any atom is -0.320 e. The third-order valence-electron chi connectivity index (χ3n) is 3.90. The average molecular weight is 484 g/mol. The van der Waals surface area contributed by atoms with E-state index >= 15 is 0 Å². The van der Waals surface area contributed by atoms with Gasteiger partial charge in [-0.25, -0.2) is 17.4 Å². The summed E-state index contributed by atoms with van der Waals surface area (Å²) in [7, 11) is -0.983. The molecule has 7 nitrogen and oxygen atoms in total. The zero-order valence-corrected chi connectivity index (χ0v) is 18.1. The largest absolute Gasteiger partial charge is 0.320 e. The molecule has 0 aliphatic rings. The molecule has 1 heterocycles. The number of nitrogens with one attached hydrogen (secondary N) is 1. The lowest BCUT2D eigenvalue weighted by molar-refractivity contribution is 0.102. The summed E-state index contributed by atoms with van der Waals surface area (Å²) in [5, 5.41) is 7.06. The van der Waals surface area contributed by atoms with Crippen LogP contribution in [0.3, 0.4) is 0 Å². The molecule has 0 atom stereocenters. The second-order valence-corrected chi connectivity index (χ2v) is 9.45. The summed E-state index contributed by atoms with van der Waals surface area (Å²) >= 11 is 9.39. The molecular weight excluding hydrogens is 468 g/mol. The molecule has 1 N–H and O–H groups in total. The van der Waals surface area contributed by atoms with Crippen LogP contribution in [-0.4, -0.2) is 42.5 Å². The van der Waals surface area contributed by atoms with Gasteiger partial charge in [0.15, 0.2) is 0 Å². The van der Waals surface area contributed by atoms with E-state index in [-0.39, 0.29) is 15.5 Å². The molecule has 1 aromatic heterocycles. The van der Waals surface area contributed by atoms with E-state index in [2.05, 4.69) is 26.3 Å². The number of aromatic nitrogens is 2. The Kier molecular flexibility index (Phi) is 5.90. The Labute approximate surface area is 176 Å². The van der Waals surface area contributed by atoms with E-state index in [1.165, 1.54) is 32.3 Å². The number of amides is 1. The lowest BCUT2D eigenvalue weighted by Crippen LogP contribution is -2.23. The van der Waals surface area contributed by atoms with Crippen molar-refractivity contribution in [2.45, 2.75) is 4.90 Å². The van der Waals surface area contributed by atoms with Crippen molar-refractivity contribution < 1.29 is 13.2 Å². The zero-order valence-electron chi connectivity index (χ0n) is 14.9. The molecule has 0 fully saturated rings. The van der Waals surface area contributed by atoms with Crippen LogP contribution in [0.5, 0.6) is 0 Å². The van der Waals surface area contributed by atoms with Crippen molar-refractivity contribution in [3.8, 4) is 5.69 Å². The highest BCUT2D eigenvalue weighted by molar-refractivity contribution is 9.10. The van der Waals surface area contributed by atoms with E-state index in [9.17, 15) is 13.2 Å². The summed E-state index contributed by atoms with van der Waals surface area (Å²) in [6.45, 7) is 0. The number of para-hydroxylation sites is 2. The van der Waals surface area contributed by atoms with Gasteiger partial charge in [0.05, 0.1) is 27.1 Å². The zero-order chi connectivity index (χ0) is 20.5. The van der Waals surface area contributed by atoms with Crippen LogP contribution >= 0.6 is 27.5 Å². The standard InChI is InChI=1S/C18H16BrClN4O3S/c1-23(2)28(26,27)17-9-12(7-8-14(17)20)18(25)22-15-5-3-4-6-16(15)24-11-13(19)10-21-24/h3-11H,1-2H3,(H,22,25). The second kappa shape index (κ2) is 8.04. The van der Waals surface area contributed by atoms with Crippen molar-refractivity contribution in [3.63, 3.8) is 0 Å². The molecule has 0 radical (unpaired) electrons. The molecular formula is C18H16BrClN4O3S. The summed E-state index contributed by atoms with van der Waals surface area (Å²) in [5.74, 6) is -0.467. The smallest absolute Gasteiger partial charge is 0.255 e. The lowest BCUT2D eigenvalue weighted by atomic mass is 10.2. The molecule has 0 saturated carbocycles. The van der Waals surface area contributed by atoms with Gasteiger partial charge in [-0.05, 0) is 46.3 Å². The second-order valence-electron chi connectivity index (χ2n) is 6.01. The highest BCUT2D eigenvalue weighted by atomic mass is 79.9. The summed E-state index contributed by atoms with van der Waals surface area (Å²) in [5.41, 5.74) is 1.35. The van der Waals surface area contributed by atoms with Gasteiger partial charge in [0.1, 0.15) is 4.90 Å². The molecule has 2 aromatic carbocycles. The van der Waals surface area contributed by atoms with Crippen LogP contribution in [0, 0.1) is 0 Å². The fourth-order valence-corrected chi connectivity index (χ4v) is 4.12. The van der Waals surface area contributed by atoms with Crippen molar-refractivity contribution in [2.75, 3.05) is 19.4 Å². The van der Waals surface area contributed by atoms with Crippen LogP contribution in [0.25, 0.3) is 5.69 Å². The minimum atomic E-state index is -3.78. The predicted molar refractivity (Wildman–Crippen MR) is 112 cm³/mol. The Morgan fingerprint density at radius 1 is 1.21 bits per heavy atom. The molecule has 0 aliphatic heterocycles. The van der Waals surface area contributed by atoms with Crippen LogP contribution in [0.1, 0.15) is 10.4 Å². The van der Waals surface area contributed by atoms with E-state index in [4.69, 9.17) is 11.6 Å². The quantitative estimate of drug-likeness (QED) is 0.598. The van der Waals surface area contributed by atoms with Gasteiger partial charge in [-0.1, -0.05) is 23.7 Å². The Balaban J connectivity index is 1.95. The number of carbonyl (C=O) groups is 1. The molecule has 1 amide bonds. The summed E-state index contributed by atoms with van der Waals surface area (Å²) in [6, 6.07) is 11.3. The average Bonchev–Trinajstić information content (AvgIpc) is 3.08. The Morgan fingerprint density at radius 3 is 2.57 bits per heavy atom. The van der Waals surface area contributed by atoms with E-state index in [1.807, 2.05) is 6.07 Å². The number of nitrogens with zero attached hydrogens (tertiary/aromatic N) is 3. The molecule has 10 heteroatoms. The number of anilines is 1. The van der Waals surface area contributed by atoms with Gasteiger partial charge in [-0.15, -0.1) is 0 Å². The number of rotatable bonds is 5. The Morgan fingerprint density at radius 2 is 1.93 bits per heavy atom. The van der Waals surface area contributed by atoms with Crippen LogP contribution < -0.4 is 5.32 Å². The molecule has 0 unspecified atom stereocenters. The van der Waals surface area contributed by atoms with Gasteiger partial charge in [0.2, 0.25) is 10.0 Å². The molecule has 0 bridgehead atoms. The molecule has 0 saturated heterocycles. The van der Waals surface area contributed by atoms with Crippen LogP contribution in [-0.2, 0) is 10.0 Å². The molecule has 28 heavy (non-hydrogen) atoms. The van der Waals surface area contributed by atoms with E-state index in [1.54, 1.807) is 35.3 Å². The molecule has 3 aromatic rings. The number of carbonyl (C=O) groups excluding carboxylic acids is 1. The normalized spacial score (nSPS) is 11.6. The topological polar surface area (TPSA) is 84.3 Å². The first-order valence-corrected chi connectivity index (χ1v) is 10.6. The minimum absolute atomic E-state index is 0.0482. The first kappa shape index (κ1) is 20.5. The van der Waals surface area contributed by atoms with Crippen LogP contribution in [0.4, 0.5) is 5.69 Å². The van der Waals surface area contributed by atoms with E-state index in [0.29, 0.717) is 11.4 Å². The maximum absolute atomic E-state index is 12.8. The van der Waals surface area contributed by atoms with Gasteiger partial charge in [0, 0.05) is 25.9 Å². The Hall–Kier alpha value is -2.20. The number of hydrogen-bond donors (Lipinski definition) is 1. The highest BCUT2D eigenvalue weighted by Crippen LogP contribution is 2.26. The first-order chi connectivity index (χ1) is 13.2. The van der Waals surface area contributed by atoms with Crippen molar-refractivity contribution in [3.05, 3.63) is 69.9 Å². The highest BCUT2D eigenvalue weighted by Gasteiger charge is 2.22. The fourth-order valence-electron chi connectivity index (χ4n) is 2.45. The lowest BCUT2D eigenvalue weighted by Gasteiger charge is -2.14. The number of benzene rings is 2. The van der Waals surface area contributed by atoms with Gasteiger partial charge < -0.3 is 5.32 Å². The van der Waals surface area contributed by atoms with Gasteiger partial charge in [0.25, 0.3) is 5.91 Å². The predicted octanol–water partition coefficient (Wildman–Crippen LogP) is 3.79. The van der Waals surface area contributed by atoms with Crippen LogP contribution in [0.2, 0.25) is 5.02 Å². The number of sulfonamides is 1. The molecule has 0 aliphatic carbocycles. The summed E-state index contributed by atoms with van der Waals surface area (Å²) < 4.78 is 28.3. The van der Waals surface area contributed by atoms with Crippen molar-refractivity contribution >= 4 is 49.1 Å². The van der Waals surface area contributed by atoms with Crippen LogP contribution in [0.15, 0.2) is 64.2 Å². The maximum Gasteiger partial charge on any atom is 0.255 e. The Bertz CT molecular complexity index is 1150. The number of halogens is 2. The summed E-state index contributed by atoms with van der Waals surface area (Å²) in [4.78, 5) is 12.6. The van der Waals surface area contributed by atoms with Crippen molar-refractivity contribution in [1.82, 2.24) is 14.1 Å². The van der Waals surface area contributed by atoms with Crippen molar-refractivity contribution in [2.24, 2.45) is 0 Å². The first-order valence-electron chi connectivity index (χ1n) is 8.03. The monoisotopic (exact) mass is 482 g/mol. The van der Waals surface area contributed by atoms with Gasteiger partial charge in [-0.3, -0.25) is 4.79 Å². The molecule has 0 spiro atoms. The van der Waals surface area contributed by atoms with Crippen molar-refractivity contribution in [1.29, 1.82) is 0 Å². The molecule has 146 valence electrons.